The van der Waals surface area contributed by atoms with Crippen LogP contribution in [0.3, 0.4) is 0 Å². The van der Waals surface area contributed by atoms with Crippen LogP contribution in [0.15, 0.2) is 71.4 Å². The molecule has 0 saturated carbocycles. The molecule has 3 aromatic carbocycles. The fourth-order valence-electron chi connectivity index (χ4n) is 7.01. The second kappa shape index (κ2) is 9.17. The third-order valence-electron chi connectivity index (χ3n) is 8.99. The van der Waals surface area contributed by atoms with Crippen LogP contribution in [0.2, 0.25) is 0 Å². The molecular formula is C33H31N5O2. The Labute approximate surface area is 233 Å². The number of piperazine rings is 1. The van der Waals surface area contributed by atoms with Crippen LogP contribution in [-0.2, 0) is 6.42 Å². The summed E-state index contributed by atoms with van der Waals surface area (Å²) in [5, 5.41) is 3.00. The van der Waals surface area contributed by atoms with Gasteiger partial charge in [-0.2, -0.15) is 0 Å². The summed E-state index contributed by atoms with van der Waals surface area (Å²) in [5.41, 5.74) is 6.01. The summed E-state index contributed by atoms with van der Waals surface area (Å²) in [6, 6.07) is 19.1. The van der Waals surface area contributed by atoms with Crippen LogP contribution in [0.1, 0.15) is 34.5 Å². The average Bonchev–Trinajstić information content (AvgIpc) is 3.74. The summed E-state index contributed by atoms with van der Waals surface area (Å²) in [6.45, 7) is 6.98. The van der Waals surface area contributed by atoms with Gasteiger partial charge in [-0.15, -0.1) is 0 Å². The Bertz CT molecular complexity index is 1790. The van der Waals surface area contributed by atoms with E-state index in [4.69, 9.17) is 9.40 Å². The third kappa shape index (κ3) is 3.72. The first-order valence-corrected chi connectivity index (χ1v) is 14.3. The van der Waals surface area contributed by atoms with E-state index in [1.807, 2.05) is 54.4 Å². The minimum atomic E-state index is 0.0226. The van der Waals surface area contributed by atoms with Gasteiger partial charge in [-0.1, -0.05) is 24.3 Å². The molecule has 40 heavy (non-hydrogen) atoms. The third-order valence-corrected chi connectivity index (χ3v) is 8.99. The molecule has 3 aliphatic rings. The molecule has 7 heteroatoms. The van der Waals surface area contributed by atoms with Crippen molar-refractivity contribution in [1.82, 2.24) is 14.9 Å². The first kappa shape index (κ1) is 23.6. The number of aromatic nitrogens is 2. The van der Waals surface area contributed by atoms with E-state index < -0.39 is 0 Å². The molecule has 3 aliphatic heterocycles. The van der Waals surface area contributed by atoms with Crippen molar-refractivity contribution in [3.8, 4) is 11.5 Å². The molecule has 5 aromatic rings. The summed E-state index contributed by atoms with van der Waals surface area (Å²) >= 11 is 0. The fourth-order valence-corrected chi connectivity index (χ4v) is 7.01. The van der Waals surface area contributed by atoms with Gasteiger partial charge in [0.05, 0.1) is 11.7 Å². The van der Waals surface area contributed by atoms with Crippen LogP contribution < -0.4 is 9.80 Å². The van der Waals surface area contributed by atoms with Crippen LogP contribution in [-0.4, -0.2) is 59.5 Å². The molecule has 2 fully saturated rings. The minimum absolute atomic E-state index is 0.0226. The highest BCUT2D eigenvalue weighted by Crippen LogP contribution is 2.39. The highest BCUT2D eigenvalue weighted by atomic mass is 16.4. The van der Waals surface area contributed by atoms with E-state index in [1.165, 1.54) is 30.6 Å². The lowest BCUT2D eigenvalue weighted by molar-refractivity contribution is 0.0991. The predicted octanol–water partition coefficient (Wildman–Crippen LogP) is 5.84. The topological polar surface area (TPSA) is 65.7 Å². The second-order valence-electron chi connectivity index (χ2n) is 11.3. The largest absolute Gasteiger partial charge is 0.441 e. The highest BCUT2D eigenvalue weighted by molar-refractivity contribution is 6.17. The summed E-state index contributed by atoms with van der Waals surface area (Å²) < 4.78 is 5.83. The minimum Gasteiger partial charge on any atom is -0.441 e. The van der Waals surface area contributed by atoms with E-state index in [1.54, 1.807) is 6.20 Å². The maximum Gasteiger partial charge on any atom is 0.258 e. The molecule has 7 nitrogen and oxygen atoms in total. The van der Waals surface area contributed by atoms with Gasteiger partial charge >= 0.3 is 0 Å². The van der Waals surface area contributed by atoms with Gasteiger partial charge in [0.2, 0.25) is 5.89 Å². The Morgan fingerprint density at radius 2 is 1.82 bits per heavy atom. The Morgan fingerprint density at radius 3 is 2.70 bits per heavy atom. The Balaban J connectivity index is 1.18. The average molecular weight is 530 g/mol. The number of hydrogen-bond donors (Lipinski definition) is 0. The number of benzene rings is 3. The molecule has 0 bridgehead atoms. The van der Waals surface area contributed by atoms with E-state index in [0.717, 1.165) is 64.7 Å². The van der Waals surface area contributed by atoms with E-state index in [0.29, 0.717) is 24.0 Å². The summed E-state index contributed by atoms with van der Waals surface area (Å²) in [5.74, 6) is 1.36. The van der Waals surface area contributed by atoms with Gasteiger partial charge in [-0.05, 0) is 79.4 Å². The Kier molecular flexibility index (Phi) is 5.42. The van der Waals surface area contributed by atoms with Crippen molar-refractivity contribution in [1.29, 1.82) is 0 Å². The molecule has 8 rings (SSSR count). The van der Waals surface area contributed by atoms with E-state index in [-0.39, 0.29) is 5.91 Å². The van der Waals surface area contributed by atoms with E-state index in [2.05, 4.69) is 33.0 Å². The van der Waals surface area contributed by atoms with Gasteiger partial charge in [0.1, 0.15) is 5.76 Å². The Hall–Kier alpha value is -4.23. The molecule has 2 saturated heterocycles. The van der Waals surface area contributed by atoms with Crippen molar-refractivity contribution in [2.24, 2.45) is 0 Å². The SMILES string of the molecule is Cc1cnc(-c2ccc(C(=O)N3CCc4cc5nccc(N6CCN7CCC[C@H]7C6)c5cc43)c3ccccc23)o1. The maximum atomic E-state index is 14.2. The smallest absolute Gasteiger partial charge is 0.258 e. The van der Waals surface area contributed by atoms with Crippen LogP contribution in [0.25, 0.3) is 33.1 Å². The van der Waals surface area contributed by atoms with Gasteiger partial charge in [0.15, 0.2) is 0 Å². The molecule has 0 spiro atoms. The van der Waals surface area contributed by atoms with Crippen LogP contribution >= 0.6 is 0 Å². The number of fused-ring (bicyclic) bond motifs is 4. The molecule has 0 radical (unpaired) electrons. The zero-order valence-corrected chi connectivity index (χ0v) is 22.6. The standard InChI is InChI=1S/C33H31N5O2/c1-21-19-35-32(40-21)26-8-9-27(25-7-3-2-6-24(25)26)33(39)38-14-11-22-17-29-28(18-31(22)38)30(10-12-34-29)37-16-15-36-13-4-5-23(36)20-37/h2-3,6-10,12,17-19,23H,4-5,11,13-16,20H2,1H3/t23-/m0/s1. The summed E-state index contributed by atoms with van der Waals surface area (Å²) in [6.07, 6.45) is 7.07. The Morgan fingerprint density at radius 1 is 0.925 bits per heavy atom. The molecular weight excluding hydrogens is 498 g/mol. The number of oxazole rings is 1. The molecule has 0 N–H and O–H groups in total. The monoisotopic (exact) mass is 529 g/mol. The van der Waals surface area contributed by atoms with Crippen molar-refractivity contribution < 1.29 is 9.21 Å². The normalized spacial score (nSPS) is 19.0. The molecule has 0 unspecified atom stereocenters. The molecule has 200 valence electrons. The van der Waals surface area contributed by atoms with Crippen molar-refractivity contribution >= 4 is 39.0 Å². The lowest BCUT2D eigenvalue weighted by atomic mass is 9.98. The number of pyridine rings is 1. The van der Waals surface area contributed by atoms with Crippen molar-refractivity contribution in [2.45, 2.75) is 32.2 Å². The molecule has 1 amide bonds. The number of carbonyl (C=O) groups excluding carboxylic acids is 1. The lowest BCUT2D eigenvalue weighted by Gasteiger charge is -2.39. The zero-order valence-electron chi connectivity index (χ0n) is 22.6. The number of carbonyl (C=O) groups is 1. The van der Waals surface area contributed by atoms with Crippen molar-refractivity contribution in [3.63, 3.8) is 0 Å². The van der Waals surface area contributed by atoms with Crippen molar-refractivity contribution in [3.05, 3.63) is 83.9 Å². The second-order valence-corrected chi connectivity index (χ2v) is 11.3. The van der Waals surface area contributed by atoms with Gasteiger partial charge in [0.25, 0.3) is 5.91 Å². The maximum absolute atomic E-state index is 14.2. The number of aryl methyl sites for hydroxylation is 1. The molecule has 1 atom stereocenters. The number of nitrogens with zero attached hydrogens (tertiary/aromatic N) is 5. The summed E-state index contributed by atoms with van der Waals surface area (Å²) in [4.78, 5) is 30.5. The number of anilines is 2. The van der Waals surface area contributed by atoms with Gasteiger partial charge < -0.3 is 14.2 Å². The first-order chi connectivity index (χ1) is 19.6. The van der Waals surface area contributed by atoms with Crippen LogP contribution in [0, 0.1) is 6.92 Å². The van der Waals surface area contributed by atoms with Gasteiger partial charge in [0, 0.05) is 66.3 Å². The predicted molar refractivity (Wildman–Crippen MR) is 158 cm³/mol. The van der Waals surface area contributed by atoms with E-state index >= 15 is 0 Å². The zero-order chi connectivity index (χ0) is 26.8. The molecule has 5 heterocycles. The van der Waals surface area contributed by atoms with Crippen LogP contribution in [0.4, 0.5) is 11.4 Å². The fraction of sp³-hybridized carbons (Fsp3) is 0.303. The quantitative estimate of drug-likeness (QED) is 0.293. The lowest BCUT2D eigenvalue weighted by Crippen LogP contribution is -2.50. The molecule has 0 aliphatic carbocycles. The first-order valence-electron chi connectivity index (χ1n) is 14.3. The molecule has 2 aromatic heterocycles. The van der Waals surface area contributed by atoms with Gasteiger partial charge in [-0.3, -0.25) is 14.7 Å². The number of hydrogen-bond acceptors (Lipinski definition) is 6. The summed E-state index contributed by atoms with van der Waals surface area (Å²) in [7, 11) is 0. The number of rotatable bonds is 3. The van der Waals surface area contributed by atoms with Gasteiger partial charge in [-0.25, -0.2) is 4.98 Å². The van der Waals surface area contributed by atoms with E-state index in [9.17, 15) is 4.79 Å². The number of amides is 1. The highest BCUT2D eigenvalue weighted by Gasteiger charge is 2.32. The van der Waals surface area contributed by atoms with Crippen molar-refractivity contribution in [2.75, 3.05) is 42.5 Å². The van der Waals surface area contributed by atoms with Crippen LogP contribution in [0.5, 0.6) is 0 Å².